The van der Waals surface area contributed by atoms with Gasteiger partial charge in [-0.25, -0.2) is 15.0 Å². The first kappa shape index (κ1) is 20.1. The molecule has 7 heteroatoms. The second kappa shape index (κ2) is 7.30. The summed E-state index contributed by atoms with van der Waals surface area (Å²) in [5.41, 5.74) is 2.19. The monoisotopic (exact) mass is 356 g/mol. The number of hydrogen-bond acceptors (Lipinski definition) is 4. The Morgan fingerprint density at radius 1 is 1.04 bits per heavy atom. The van der Waals surface area contributed by atoms with Crippen LogP contribution >= 0.6 is 11.6 Å². The van der Waals surface area contributed by atoms with Gasteiger partial charge in [0.25, 0.3) is 0 Å². The third kappa shape index (κ3) is 6.66. The second-order valence-corrected chi connectivity index (χ2v) is 7.77. The Morgan fingerprint density at radius 3 is 2.04 bits per heavy atom. The fourth-order valence-corrected chi connectivity index (χ4v) is 1.81. The van der Waals surface area contributed by atoms with Crippen LogP contribution in [0.25, 0.3) is 0 Å². The van der Waals surface area contributed by atoms with E-state index in [4.69, 9.17) is 21.1 Å². The number of nitrogens with zero attached hydrogens (tertiary/aromatic N) is 1. The maximum atomic E-state index is 12.4. The smallest absolute Gasteiger partial charge is 0.434 e. The molecule has 0 aliphatic carbocycles. The van der Waals surface area contributed by atoms with Gasteiger partial charge in [0.15, 0.2) is 0 Å². The molecular weight excluding hydrogens is 332 g/mol. The zero-order valence-corrected chi connectivity index (χ0v) is 15.9. The van der Waals surface area contributed by atoms with E-state index in [0.717, 1.165) is 10.6 Å². The van der Waals surface area contributed by atoms with Crippen molar-refractivity contribution in [2.45, 2.75) is 59.7 Å². The Kier molecular flexibility index (Phi) is 6.11. The molecule has 1 N–H and O–H groups in total. The summed E-state index contributed by atoms with van der Waals surface area (Å²) >= 11 is 6.12. The van der Waals surface area contributed by atoms with Crippen LogP contribution in [0, 0.1) is 6.92 Å². The number of nitrogens with one attached hydrogen (secondary N) is 1. The molecule has 0 saturated carbocycles. The van der Waals surface area contributed by atoms with E-state index in [1.807, 2.05) is 6.92 Å². The van der Waals surface area contributed by atoms with Gasteiger partial charge >= 0.3 is 12.2 Å². The first-order valence-electron chi connectivity index (χ1n) is 7.57. The number of rotatable bonds is 1. The lowest BCUT2D eigenvalue weighted by atomic mass is 10.2. The van der Waals surface area contributed by atoms with Gasteiger partial charge in [0.1, 0.15) is 11.2 Å². The predicted octanol–water partition coefficient (Wildman–Crippen LogP) is 4.83. The van der Waals surface area contributed by atoms with Crippen molar-refractivity contribution in [3.8, 4) is 0 Å². The molecule has 1 aromatic carbocycles. The number of ether oxygens (including phenoxy) is 2. The Labute approximate surface area is 148 Å². The molecular formula is C17H25ClN2O4. The van der Waals surface area contributed by atoms with E-state index in [9.17, 15) is 9.59 Å². The molecule has 0 heterocycles. The summed E-state index contributed by atoms with van der Waals surface area (Å²) in [6.45, 7) is 12.2. The van der Waals surface area contributed by atoms with Crippen LogP contribution in [-0.4, -0.2) is 23.4 Å². The van der Waals surface area contributed by atoms with E-state index >= 15 is 0 Å². The summed E-state index contributed by atoms with van der Waals surface area (Å²) < 4.78 is 10.5. The minimum absolute atomic E-state index is 0.366. The number of hydrogen-bond donors (Lipinski definition) is 1. The van der Waals surface area contributed by atoms with Gasteiger partial charge in [-0.05, 0) is 66.2 Å². The topological polar surface area (TPSA) is 67.9 Å². The van der Waals surface area contributed by atoms with Crippen molar-refractivity contribution in [3.63, 3.8) is 0 Å². The van der Waals surface area contributed by atoms with Gasteiger partial charge in [0.05, 0.1) is 5.69 Å². The third-order valence-corrected chi connectivity index (χ3v) is 3.00. The van der Waals surface area contributed by atoms with Gasteiger partial charge in [-0.2, -0.15) is 5.01 Å². The molecule has 24 heavy (non-hydrogen) atoms. The number of hydrazine groups is 1. The Balaban J connectivity index is 3.09. The van der Waals surface area contributed by atoms with Crippen molar-refractivity contribution in [2.75, 3.05) is 5.01 Å². The first-order valence-corrected chi connectivity index (χ1v) is 7.95. The average molecular weight is 357 g/mol. The van der Waals surface area contributed by atoms with E-state index in [1.165, 1.54) is 0 Å². The Bertz CT molecular complexity index is 618. The van der Waals surface area contributed by atoms with Crippen LogP contribution in [0.5, 0.6) is 0 Å². The van der Waals surface area contributed by atoms with Crippen LogP contribution in [-0.2, 0) is 9.47 Å². The van der Waals surface area contributed by atoms with Crippen molar-refractivity contribution >= 4 is 29.5 Å². The van der Waals surface area contributed by atoms with Gasteiger partial charge in [-0.3, -0.25) is 0 Å². The van der Waals surface area contributed by atoms with Gasteiger partial charge in [0, 0.05) is 5.02 Å². The molecule has 0 unspecified atom stereocenters. The molecule has 1 aromatic rings. The lowest BCUT2D eigenvalue weighted by Crippen LogP contribution is -2.50. The number of amides is 2. The largest absolute Gasteiger partial charge is 0.443 e. The predicted molar refractivity (Wildman–Crippen MR) is 94.3 cm³/mol. The van der Waals surface area contributed by atoms with E-state index in [1.54, 1.807) is 59.7 Å². The molecule has 0 aliphatic heterocycles. The molecule has 0 radical (unpaired) electrons. The normalized spacial score (nSPS) is 11.7. The summed E-state index contributed by atoms with van der Waals surface area (Å²) in [6.07, 6.45) is -1.52. The van der Waals surface area contributed by atoms with Crippen LogP contribution in [0.15, 0.2) is 18.2 Å². The second-order valence-electron chi connectivity index (χ2n) is 7.36. The minimum Gasteiger partial charge on any atom is -0.443 e. The fraction of sp³-hybridized carbons (Fsp3) is 0.529. The van der Waals surface area contributed by atoms with Crippen LogP contribution < -0.4 is 10.4 Å². The Morgan fingerprint density at radius 2 is 1.58 bits per heavy atom. The van der Waals surface area contributed by atoms with E-state index < -0.39 is 23.4 Å². The number of halogens is 1. The molecule has 1 rings (SSSR count). The van der Waals surface area contributed by atoms with Crippen molar-refractivity contribution < 1.29 is 19.1 Å². The maximum Gasteiger partial charge on any atom is 0.434 e. The van der Waals surface area contributed by atoms with Crippen LogP contribution in [0.4, 0.5) is 15.3 Å². The van der Waals surface area contributed by atoms with E-state index in [2.05, 4.69) is 5.43 Å². The van der Waals surface area contributed by atoms with E-state index in [-0.39, 0.29) is 0 Å². The quantitative estimate of drug-likeness (QED) is 0.732. The molecule has 0 fully saturated rings. The summed E-state index contributed by atoms with van der Waals surface area (Å²) in [5.74, 6) is 0. The maximum absolute atomic E-state index is 12.4. The van der Waals surface area contributed by atoms with Crippen molar-refractivity contribution in [2.24, 2.45) is 0 Å². The highest BCUT2D eigenvalue weighted by atomic mass is 35.5. The lowest BCUT2D eigenvalue weighted by molar-refractivity contribution is 0.0425. The first-order chi connectivity index (χ1) is 10.8. The van der Waals surface area contributed by atoms with Crippen LogP contribution in [0.3, 0.4) is 0 Å². The molecule has 134 valence electrons. The van der Waals surface area contributed by atoms with Gasteiger partial charge in [0.2, 0.25) is 0 Å². The number of carbonyl (C=O) groups is 2. The summed E-state index contributed by atoms with van der Waals surface area (Å²) in [6, 6.07) is 4.96. The highest BCUT2D eigenvalue weighted by molar-refractivity contribution is 6.31. The van der Waals surface area contributed by atoms with Gasteiger partial charge in [-0.15, -0.1) is 0 Å². The molecule has 0 aromatic heterocycles. The number of carbonyl (C=O) groups excluding carboxylic acids is 2. The SMILES string of the molecule is Cc1ccc(N(NC(=O)OC(C)(C)C)C(=O)OC(C)(C)C)cc1Cl. The molecule has 0 atom stereocenters. The third-order valence-electron chi connectivity index (χ3n) is 2.59. The zero-order valence-electron chi connectivity index (χ0n) is 15.2. The molecule has 0 spiro atoms. The number of aryl methyl sites for hydroxylation is 1. The highest BCUT2D eigenvalue weighted by Gasteiger charge is 2.27. The molecule has 0 bridgehead atoms. The Hall–Kier alpha value is -1.95. The standard InChI is InChI=1S/C17H25ClN2O4/c1-11-8-9-12(10-13(11)18)20(15(22)24-17(5,6)7)19-14(21)23-16(2,3)4/h8-10H,1-7H3,(H,19,21). The van der Waals surface area contributed by atoms with E-state index in [0.29, 0.717) is 10.7 Å². The lowest BCUT2D eigenvalue weighted by Gasteiger charge is -2.29. The van der Waals surface area contributed by atoms with Gasteiger partial charge < -0.3 is 9.47 Å². The summed E-state index contributed by atoms with van der Waals surface area (Å²) in [5, 5.41) is 1.44. The van der Waals surface area contributed by atoms with Crippen molar-refractivity contribution in [3.05, 3.63) is 28.8 Å². The number of benzene rings is 1. The molecule has 0 aliphatic rings. The van der Waals surface area contributed by atoms with Crippen molar-refractivity contribution in [1.29, 1.82) is 0 Å². The van der Waals surface area contributed by atoms with Crippen molar-refractivity contribution in [1.82, 2.24) is 5.43 Å². The molecule has 6 nitrogen and oxygen atoms in total. The highest BCUT2D eigenvalue weighted by Crippen LogP contribution is 2.24. The van der Waals surface area contributed by atoms with Crippen LogP contribution in [0.1, 0.15) is 47.1 Å². The minimum atomic E-state index is -0.773. The average Bonchev–Trinajstić information content (AvgIpc) is 2.35. The zero-order chi connectivity index (χ0) is 18.7. The fourth-order valence-electron chi connectivity index (χ4n) is 1.64. The number of anilines is 1. The van der Waals surface area contributed by atoms with Gasteiger partial charge in [-0.1, -0.05) is 17.7 Å². The summed E-state index contributed by atoms with van der Waals surface area (Å²) in [7, 11) is 0. The molecule has 2 amide bonds. The summed E-state index contributed by atoms with van der Waals surface area (Å²) in [4.78, 5) is 24.5. The van der Waals surface area contributed by atoms with Crippen LogP contribution in [0.2, 0.25) is 5.02 Å². The molecule has 0 saturated heterocycles.